The molecule has 1 aromatic heterocycles. The van der Waals surface area contributed by atoms with Gasteiger partial charge in [-0.3, -0.25) is 4.90 Å². The van der Waals surface area contributed by atoms with Crippen LogP contribution in [0.25, 0.3) is 0 Å². The molecule has 0 unspecified atom stereocenters. The average molecular weight is 328 g/mol. The molecule has 4 rings (SSSR count). The van der Waals surface area contributed by atoms with Gasteiger partial charge in [0.05, 0.1) is 6.54 Å². The fraction of sp³-hybridized carbons (Fsp3) is 0.556. The monoisotopic (exact) mass is 328 g/mol. The quantitative estimate of drug-likeness (QED) is 0.862. The molecule has 0 saturated carbocycles. The number of aromatic nitrogens is 3. The lowest BCUT2D eigenvalue weighted by Crippen LogP contribution is -2.33. The second kappa shape index (κ2) is 6.43. The van der Waals surface area contributed by atoms with Crippen molar-refractivity contribution in [2.45, 2.75) is 45.8 Å². The molecule has 1 saturated heterocycles. The number of nitrogens with zero attached hydrogens (tertiary/aromatic N) is 4. The topological polar surface area (TPSA) is 52.4 Å². The zero-order valence-electron chi connectivity index (χ0n) is 14.4. The van der Waals surface area contributed by atoms with Crippen LogP contribution < -0.4 is 9.47 Å². The summed E-state index contributed by atoms with van der Waals surface area (Å²) in [5.74, 6) is 3.63. The molecule has 0 amide bonds. The molecule has 1 atom stereocenters. The molecule has 1 aromatic carbocycles. The maximum atomic E-state index is 5.86. The van der Waals surface area contributed by atoms with Crippen LogP contribution in [0.4, 0.5) is 0 Å². The lowest BCUT2D eigenvalue weighted by Gasteiger charge is -2.27. The number of benzene rings is 1. The Kier molecular flexibility index (Phi) is 4.14. The minimum Gasteiger partial charge on any atom is -0.486 e. The van der Waals surface area contributed by atoms with Gasteiger partial charge in [-0.05, 0) is 39.3 Å². The van der Waals surface area contributed by atoms with Gasteiger partial charge < -0.3 is 9.47 Å². The van der Waals surface area contributed by atoms with Gasteiger partial charge in [-0.15, -0.1) is 0 Å². The van der Waals surface area contributed by atoms with E-state index < -0.39 is 0 Å². The highest BCUT2D eigenvalue weighted by atomic mass is 16.6. The fourth-order valence-corrected chi connectivity index (χ4v) is 3.72. The highest BCUT2D eigenvalue weighted by Crippen LogP contribution is 2.35. The molecule has 6 nitrogen and oxygen atoms in total. The molecule has 128 valence electrons. The van der Waals surface area contributed by atoms with Crippen LogP contribution in [0.3, 0.4) is 0 Å². The van der Waals surface area contributed by atoms with Crippen LogP contribution in [0.1, 0.15) is 30.1 Å². The third-order valence-corrected chi connectivity index (χ3v) is 4.87. The summed E-state index contributed by atoms with van der Waals surface area (Å²) in [6.07, 6.45) is 2.43. The Hall–Kier alpha value is -2.08. The van der Waals surface area contributed by atoms with Crippen molar-refractivity contribution >= 4 is 0 Å². The summed E-state index contributed by atoms with van der Waals surface area (Å²) in [4.78, 5) is 6.95. The lowest BCUT2D eigenvalue weighted by molar-refractivity contribution is 0.164. The summed E-state index contributed by atoms with van der Waals surface area (Å²) >= 11 is 0. The number of hydrogen-bond acceptors (Lipinski definition) is 5. The number of rotatable bonds is 4. The van der Waals surface area contributed by atoms with Gasteiger partial charge in [0.25, 0.3) is 0 Å². The molecule has 0 bridgehead atoms. The van der Waals surface area contributed by atoms with E-state index in [0.717, 1.165) is 42.8 Å². The number of hydrogen-bond donors (Lipinski definition) is 0. The van der Waals surface area contributed by atoms with Gasteiger partial charge in [0.2, 0.25) is 0 Å². The maximum Gasteiger partial charge on any atom is 0.165 e. The van der Waals surface area contributed by atoms with E-state index in [1.54, 1.807) is 0 Å². The van der Waals surface area contributed by atoms with Crippen LogP contribution in [0.5, 0.6) is 11.5 Å². The number of aryl methyl sites for hydroxylation is 2. The first-order valence-corrected chi connectivity index (χ1v) is 8.70. The maximum absolute atomic E-state index is 5.86. The minimum atomic E-state index is 0.491. The molecule has 2 aromatic rings. The van der Waals surface area contributed by atoms with Crippen molar-refractivity contribution < 1.29 is 9.47 Å². The van der Waals surface area contributed by atoms with Crippen molar-refractivity contribution in [2.24, 2.45) is 0 Å². The summed E-state index contributed by atoms with van der Waals surface area (Å²) in [7, 11) is 0. The summed E-state index contributed by atoms with van der Waals surface area (Å²) < 4.78 is 13.6. The number of ether oxygens (including phenoxy) is 2. The van der Waals surface area contributed by atoms with E-state index in [9.17, 15) is 0 Å². The van der Waals surface area contributed by atoms with Crippen LogP contribution in [0, 0.1) is 13.8 Å². The third kappa shape index (κ3) is 2.98. The Labute approximate surface area is 142 Å². The molecule has 2 aliphatic rings. The molecule has 0 N–H and O–H groups in total. The molecular weight excluding hydrogens is 304 g/mol. The van der Waals surface area contributed by atoms with Gasteiger partial charge in [0.15, 0.2) is 11.5 Å². The summed E-state index contributed by atoms with van der Waals surface area (Å²) in [5.41, 5.74) is 1.21. The minimum absolute atomic E-state index is 0.491. The fourth-order valence-electron chi connectivity index (χ4n) is 3.72. The Morgan fingerprint density at radius 2 is 2.08 bits per heavy atom. The van der Waals surface area contributed by atoms with Gasteiger partial charge in [-0.2, -0.15) is 5.10 Å². The highest BCUT2D eigenvalue weighted by Gasteiger charge is 2.27. The molecule has 6 heteroatoms. The Balaban J connectivity index is 1.51. The van der Waals surface area contributed by atoms with Crippen LogP contribution in [0.2, 0.25) is 0 Å². The lowest BCUT2D eigenvalue weighted by atomic mass is 10.1. The van der Waals surface area contributed by atoms with Gasteiger partial charge in [0.1, 0.15) is 24.9 Å². The normalized spacial score (nSPS) is 20.5. The molecule has 0 spiro atoms. The van der Waals surface area contributed by atoms with E-state index in [-0.39, 0.29) is 0 Å². The number of likely N-dealkylation sites (tertiary alicyclic amines) is 1. The van der Waals surface area contributed by atoms with E-state index in [0.29, 0.717) is 19.3 Å². The standard InChI is InChI=1S/C18H24N4O2/c1-13-19-14(2)22(20-13)12-16-6-4-8-21(16)11-15-5-3-7-17-18(15)24-10-9-23-17/h3,5,7,16H,4,6,8-12H2,1-2H3/t16-/m0/s1. The Bertz CT molecular complexity index is 728. The predicted octanol–water partition coefficient (Wildman–Crippen LogP) is 2.33. The highest BCUT2D eigenvalue weighted by molar-refractivity contribution is 5.47. The van der Waals surface area contributed by atoms with Crippen LogP contribution >= 0.6 is 0 Å². The van der Waals surface area contributed by atoms with E-state index in [1.165, 1.54) is 18.4 Å². The van der Waals surface area contributed by atoms with Gasteiger partial charge >= 0.3 is 0 Å². The van der Waals surface area contributed by atoms with Gasteiger partial charge in [-0.25, -0.2) is 9.67 Å². The SMILES string of the molecule is Cc1nc(C)n(C[C@@H]2CCCN2Cc2cccc3c2OCCO3)n1. The number of fused-ring (bicyclic) bond motifs is 1. The number of para-hydroxylation sites is 1. The molecular formula is C18H24N4O2. The zero-order chi connectivity index (χ0) is 16.5. The van der Waals surface area contributed by atoms with E-state index in [2.05, 4.69) is 27.1 Å². The van der Waals surface area contributed by atoms with E-state index in [1.807, 2.05) is 24.6 Å². The second-order valence-corrected chi connectivity index (χ2v) is 6.60. The van der Waals surface area contributed by atoms with E-state index >= 15 is 0 Å². The molecule has 0 radical (unpaired) electrons. The van der Waals surface area contributed by atoms with Gasteiger partial charge in [0, 0.05) is 18.2 Å². The zero-order valence-corrected chi connectivity index (χ0v) is 14.4. The molecule has 0 aliphatic carbocycles. The summed E-state index contributed by atoms with van der Waals surface area (Å²) in [6, 6.07) is 6.68. The van der Waals surface area contributed by atoms with Crippen molar-refractivity contribution in [1.29, 1.82) is 0 Å². The first kappa shape index (κ1) is 15.4. The molecule has 1 fully saturated rings. The Morgan fingerprint density at radius 3 is 2.92 bits per heavy atom. The van der Waals surface area contributed by atoms with Crippen molar-refractivity contribution in [3.63, 3.8) is 0 Å². The van der Waals surface area contributed by atoms with Crippen LogP contribution in [-0.4, -0.2) is 45.5 Å². The van der Waals surface area contributed by atoms with Gasteiger partial charge in [-0.1, -0.05) is 12.1 Å². The second-order valence-electron chi connectivity index (χ2n) is 6.60. The van der Waals surface area contributed by atoms with Crippen LogP contribution in [-0.2, 0) is 13.1 Å². The largest absolute Gasteiger partial charge is 0.486 e. The van der Waals surface area contributed by atoms with E-state index in [4.69, 9.17) is 9.47 Å². The first-order valence-electron chi connectivity index (χ1n) is 8.70. The van der Waals surface area contributed by atoms with Crippen molar-refractivity contribution in [2.75, 3.05) is 19.8 Å². The van der Waals surface area contributed by atoms with Crippen molar-refractivity contribution in [3.8, 4) is 11.5 Å². The Morgan fingerprint density at radius 1 is 1.21 bits per heavy atom. The molecule has 3 heterocycles. The van der Waals surface area contributed by atoms with Crippen molar-refractivity contribution in [1.82, 2.24) is 19.7 Å². The summed E-state index contributed by atoms with van der Waals surface area (Å²) in [5, 5.41) is 4.52. The van der Waals surface area contributed by atoms with Crippen LogP contribution in [0.15, 0.2) is 18.2 Å². The van der Waals surface area contributed by atoms with Crippen molar-refractivity contribution in [3.05, 3.63) is 35.4 Å². The smallest absolute Gasteiger partial charge is 0.165 e. The molecule has 24 heavy (non-hydrogen) atoms. The molecule has 2 aliphatic heterocycles. The predicted molar refractivity (Wildman–Crippen MR) is 90.4 cm³/mol. The summed E-state index contributed by atoms with van der Waals surface area (Å²) in [6.45, 7) is 8.14. The average Bonchev–Trinajstić information content (AvgIpc) is 3.14. The third-order valence-electron chi connectivity index (χ3n) is 4.87. The first-order chi connectivity index (χ1) is 11.7.